The Morgan fingerprint density at radius 1 is 1.00 bits per heavy atom. The van der Waals surface area contributed by atoms with E-state index in [-0.39, 0.29) is 11.8 Å². The van der Waals surface area contributed by atoms with Crippen LogP contribution < -0.4 is 10.9 Å². The van der Waals surface area contributed by atoms with Crippen LogP contribution in [0.4, 0.5) is 0 Å². The van der Waals surface area contributed by atoms with Gasteiger partial charge in [-0.05, 0) is 49.4 Å². The van der Waals surface area contributed by atoms with Gasteiger partial charge in [0.1, 0.15) is 0 Å². The summed E-state index contributed by atoms with van der Waals surface area (Å²) in [6, 6.07) is 11.1. The van der Waals surface area contributed by atoms with Gasteiger partial charge in [0.05, 0.1) is 16.0 Å². The van der Waals surface area contributed by atoms with Gasteiger partial charge in [0.15, 0.2) is 0 Å². The number of aromatic nitrogens is 1. The van der Waals surface area contributed by atoms with Gasteiger partial charge in [-0.15, -0.1) is 11.3 Å². The number of nitrogens with one attached hydrogen (secondary N) is 2. The van der Waals surface area contributed by atoms with Crippen LogP contribution in [0.3, 0.4) is 0 Å². The highest BCUT2D eigenvalue weighted by atomic mass is 32.1. The zero-order chi connectivity index (χ0) is 17.2. The van der Waals surface area contributed by atoms with Crippen molar-refractivity contribution in [2.45, 2.75) is 25.7 Å². The number of amides is 2. The van der Waals surface area contributed by atoms with Crippen molar-refractivity contribution in [1.29, 1.82) is 0 Å². The van der Waals surface area contributed by atoms with Crippen molar-refractivity contribution >= 4 is 34.1 Å². The van der Waals surface area contributed by atoms with Gasteiger partial charge in [-0.3, -0.25) is 25.4 Å². The summed E-state index contributed by atoms with van der Waals surface area (Å²) >= 11 is 1.52. The highest BCUT2D eigenvalue weighted by Gasteiger charge is 2.18. The van der Waals surface area contributed by atoms with E-state index < -0.39 is 0 Å². The molecule has 1 aromatic carbocycles. The number of aryl methyl sites for hydroxylation is 2. The van der Waals surface area contributed by atoms with Crippen molar-refractivity contribution in [2.75, 3.05) is 0 Å². The molecule has 2 heterocycles. The second-order valence-electron chi connectivity index (χ2n) is 6.06. The van der Waals surface area contributed by atoms with E-state index in [4.69, 9.17) is 0 Å². The molecule has 0 spiro atoms. The van der Waals surface area contributed by atoms with Gasteiger partial charge in [-0.25, -0.2) is 0 Å². The summed E-state index contributed by atoms with van der Waals surface area (Å²) in [4.78, 5) is 31.0. The molecule has 1 aliphatic rings. The van der Waals surface area contributed by atoms with E-state index in [0.717, 1.165) is 18.2 Å². The number of hydrazine groups is 1. The van der Waals surface area contributed by atoms with Crippen LogP contribution in [0.2, 0.25) is 0 Å². The Morgan fingerprint density at radius 2 is 1.80 bits per heavy atom. The van der Waals surface area contributed by atoms with Gasteiger partial charge in [-0.1, -0.05) is 18.2 Å². The molecular weight excluding hydrogens is 334 g/mol. The molecule has 1 aliphatic carbocycles. The summed E-state index contributed by atoms with van der Waals surface area (Å²) in [5, 5.41) is 0.882. The van der Waals surface area contributed by atoms with Crippen LogP contribution in [0.5, 0.6) is 0 Å². The van der Waals surface area contributed by atoms with Crippen LogP contribution in [0.25, 0.3) is 10.9 Å². The zero-order valence-electron chi connectivity index (χ0n) is 13.5. The molecular formula is C19H17N3O2S. The molecule has 4 rings (SSSR count). The van der Waals surface area contributed by atoms with E-state index >= 15 is 0 Å². The molecule has 126 valence electrons. The largest absolute Gasteiger partial charge is 0.279 e. The average molecular weight is 351 g/mol. The fourth-order valence-corrected chi connectivity index (χ4v) is 4.28. The molecule has 0 aliphatic heterocycles. The Hall–Kier alpha value is -2.73. The second kappa shape index (κ2) is 6.64. The second-order valence-corrected chi connectivity index (χ2v) is 7.19. The van der Waals surface area contributed by atoms with Gasteiger partial charge < -0.3 is 0 Å². The van der Waals surface area contributed by atoms with Crippen LogP contribution in [0.1, 0.15) is 43.3 Å². The third-order valence-corrected chi connectivity index (χ3v) is 5.62. The van der Waals surface area contributed by atoms with Crippen molar-refractivity contribution < 1.29 is 9.59 Å². The minimum Gasteiger partial charge on any atom is -0.267 e. The summed E-state index contributed by atoms with van der Waals surface area (Å²) < 4.78 is 0. The summed E-state index contributed by atoms with van der Waals surface area (Å²) in [5.41, 5.74) is 7.33. The van der Waals surface area contributed by atoms with Gasteiger partial charge in [0.2, 0.25) is 0 Å². The number of nitrogens with zero attached hydrogens (tertiary/aromatic N) is 1. The molecule has 3 aromatic rings. The summed E-state index contributed by atoms with van der Waals surface area (Å²) in [7, 11) is 0. The van der Waals surface area contributed by atoms with E-state index in [1.165, 1.54) is 34.6 Å². The molecule has 0 unspecified atom stereocenters. The standard InChI is InChI=1S/C19H17N3O2S/c23-18(14-8-3-6-12-7-4-10-20-17(12)14)21-22-19(24)16-11-13-5-1-2-9-15(13)25-16/h3-4,6-8,10-11H,1-2,5,9H2,(H,21,23)(H,22,24). The SMILES string of the molecule is O=C(NNC(=O)c1cccc2cccnc12)c1cc2c(s1)CCCC2. The molecule has 2 N–H and O–H groups in total. The van der Waals surface area contributed by atoms with Crippen molar-refractivity contribution in [3.8, 4) is 0 Å². The Bertz CT molecular complexity index is 935. The maximum atomic E-state index is 12.4. The number of benzene rings is 1. The number of pyridine rings is 1. The topological polar surface area (TPSA) is 71.1 Å². The summed E-state index contributed by atoms with van der Waals surface area (Å²) in [6.07, 6.45) is 6.08. The first-order chi connectivity index (χ1) is 12.2. The number of carbonyl (C=O) groups is 2. The monoisotopic (exact) mass is 351 g/mol. The lowest BCUT2D eigenvalue weighted by Gasteiger charge is -2.08. The van der Waals surface area contributed by atoms with Gasteiger partial charge in [0, 0.05) is 16.5 Å². The molecule has 0 fully saturated rings. The number of para-hydroxylation sites is 1. The van der Waals surface area contributed by atoms with Gasteiger partial charge in [-0.2, -0.15) is 0 Å². The van der Waals surface area contributed by atoms with Crippen LogP contribution in [0.15, 0.2) is 42.6 Å². The van der Waals surface area contributed by atoms with Crippen LogP contribution in [-0.4, -0.2) is 16.8 Å². The first-order valence-electron chi connectivity index (χ1n) is 8.28. The predicted octanol–water partition coefficient (Wildman–Crippen LogP) is 3.25. The molecule has 2 amide bonds. The lowest BCUT2D eigenvalue weighted by Crippen LogP contribution is -2.41. The van der Waals surface area contributed by atoms with E-state index in [0.29, 0.717) is 16.0 Å². The molecule has 0 saturated heterocycles. The van der Waals surface area contributed by atoms with E-state index in [2.05, 4.69) is 15.8 Å². The molecule has 0 radical (unpaired) electrons. The fraction of sp³-hybridized carbons (Fsp3) is 0.211. The first-order valence-corrected chi connectivity index (χ1v) is 9.10. The lowest BCUT2D eigenvalue weighted by molar-refractivity contribution is 0.0849. The Morgan fingerprint density at radius 3 is 2.68 bits per heavy atom. The van der Waals surface area contributed by atoms with Crippen molar-refractivity contribution in [1.82, 2.24) is 15.8 Å². The van der Waals surface area contributed by atoms with Crippen molar-refractivity contribution in [3.05, 3.63) is 63.5 Å². The van der Waals surface area contributed by atoms with Crippen LogP contribution in [0, 0.1) is 0 Å². The maximum absolute atomic E-state index is 12.4. The number of carbonyl (C=O) groups excluding carboxylic acids is 2. The van der Waals surface area contributed by atoms with Crippen molar-refractivity contribution in [3.63, 3.8) is 0 Å². The maximum Gasteiger partial charge on any atom is 0.279 e. The van der Waals surface area contributed by atoms with Crippen LogP contribution >= 0.6 is 11.3 Å². The molecule has 2 aromatic heterocycles. The number of thiophene rings is 1. The Balaban J connectivity index is 1.48. The fourth-order valence-electron chi connectivity index (χ4n) is 3.13. The lowest BCUT2D eigenvalue weighted by atomic mass is 9.99. The zero-order valence-corrected chi connectivity index (χ0v) is 14.4. The predicted molar refractivity (Wildman–Crippen MR) is 97.6 cm³/mol. The van der Waals surface area contributed by atoms with Crippen LogP contribution in [-0.2, 0) is 12.8 Å². The van der Waals surface area contributed by atoms with Gasteiger partial charge in [0.25, 0.3) is 11.8 Å². The highest BCUT2D eigenvalue weighted by molar-refractivity contribution is 7.14. The normalized spacial score (nSPS) is 13.3. The first kappa shape index (κ1) is 15.8. The third-order valence-electron chi connectivity index (χ3n) is 4.39. The van der Waals surface area contributed by atoms with E-state index in [9.17, 15) is 9.59 Å². The number of hydrogen-bond donors (Lipinski definition) is 2. The molecule has 0 bridgehead atoms. The van der Waals surface area contributed by atoms with Crippen molar-refractivity contribution in [2.24, 2.45) is 0 Å². The minimum atomic E-state index is -0.376. The molecule has 5 nitrogen and oxygen atoms in total. The molecule has 0 atom stereocenters. The molecule has 6 heteroatoms. The number of rotatable bonds is 2. The van der Waals surface area contributed by atoms with E-state index in [1.807, 2.05) is 24.3 Å². The number of fused-ring (bicyclic) bond motifs is 2. The number of hydrogen-bond acceptors (Lipinski definition) is 4. The average Bonchev–Trinajstić information content (AvgIpc) is 3.09. The highest BCUT2D eigenvalue weighted by Crippen LogP contribution is 2.29. The molecule has 25 heavy (non-hydrogen) atoms. The Kier molecular flexibility index (Phi) is 4.19. The van der Waals surface area contributed by atoms with E-state index in [1.54, 1.807) is 18.3 Å². The summed E-state index contributed by atoms with van der Waals surface area (Å²) in [5.74, 6) is -0.653. The molecule has 0 saturated carbocycles. The third kappa shape index (κ3) is 3.13. The van der Waals surface area contributed by atoms with Gasteiger partial charge >= 0.3 is 0 Å². The summed E-state index contributed by atoms with van der Waals surface area (Å²) in [6.45, 7) is 0. The quantitative estimate of drug-likeness (QED) is 0.696. The Labute approximate surface area is 149 Å². The minimum absolute atomic E-state index is 0.277. The smallest absolute Gasteiger partial charge is 0.267 e.